The minimum absolute atomic E-state index is 0.0356. The van der Waals surface area contributed by atoms with Crippen molar-refractivity contribution in [3.63, 3.8) is 0 Å². The zero-order valence-electron chi connectivity index (χ0n) is 19.9. The Balaban J connectivity index is 1.74. The third-order valence-corrected chi connectivity index (χ3v) is 8.15. The molecule has 0 spiro atoms. The van der Waals surface area contributed by atoms with Crippen molar-refractivity contribution >= 4 is 15.9 Å². The number of halogens is 1. The molecule has 1 aliphatic heterocycles. The quantitative estimate of drug-likeness (QED) is 0.636. The molecule has 1 N–H and O–H groups in total. The van der Waals surface area contributed by atoms with Crippen LogP contribution in [-0.2, 0) is 14.8 Å². The van der Waals surface area contributed by atoms with Crippen molar-refractivity contribution in [2.45, 2.75) is 57.4 Å². The Labute approximate surface area is 196 Å². The topological polar surface area (TPSA) is 75.7 Å². The Morgan fingerprint density at radius 2 is 1.82 bits per heavy atom. The van der Waals surface area contributed by atoms with E-state index in [1.54, 1.807) is 7.11 Å². The average Bonchev–Trinajstić information content (AvgIpc) is 2.78. The van der Waals surface area contributed by atoms with Crippen LogP contribution in [0.4, 0.5) is 4.39 Å². The highest BCUT2D eigenvalue weighted by Gasteiger charge is 2.34. The molecule has 2 unspecified atom stereocenters. The van der Waals surface area contributed by atoms with Crippen LogP contribution >= 0.6 is 0 Å². The lowest BCUT2D eigenvalue weighted by Gasteiger charge is -2.32. The van der Waals surface area contributed by atoms with Gasteiger partial charge in [0, 0.05) is 13.1 Å². The predicted molar refractivity (Wildman–Crippen MR) is 126 cm³/mol. The van der Waals surface area contributed by atoms with Gasteiger partial charge in [0.05, 0.1) is 24.0 Å². The summed E-state index contributed by atoms with van der Waals surface area (Å²) in [6.07, 6.45) is 1.21. The Kier molecular flexibility index (Phi) is 7.80. The van der Waals surface area contributed by atoms with Crippen LogP contribution in [0.5, 0.6) is 5.75 Å². The number of aryl methyl sites for hydroxylation is 1. The zero-order chi connectivity index (χ0) is 24.3. The molecule has 1 amide bonds. The molecule has 0 aliphatic carbocycles. The normalized spacial score (nSPS) is 18.2. The number of sulfonamides is 1. The van der Waals surface area contributed by atoms with Gasteiger partial charge in [-0.15, -0.1) is 0 Å². The zero-order valence-corrected chi connectivity index (χ0v) is 20.7. The number of rotatable bonds is 7. The second-order valence-electron chi connectivity index (χ2n) is 8.99. The number of methoxy groups -OCH3 is 1. The molecule has 1 aliphatic rings. The van der Waals surface area contributed by atoms with E-state index < -0.39 is 21.8 Å². The first-order valence-electron chi connectivity index (χ1n) is 11.3. The number of nitrogens with one attached hydrogen (secondary N) is 1. The largest absolute Gasteiger partial charge is 0.496 e. The van der Waals surface area contributed by atoms with Gasteiger partial charge in [0.2, 0.25) is 15.9 Å². The predicted octanol–water partition coefficient (Wildman–Crippen LogP) is 4.54. The summed E-state index contributed by atoms with van der Waals surface area (Å²) in [6, 6.07) is 8.62. The van der Waals surface area contributed by atoms with Gasteiger partial charge in [-0.25, -0.2) is 12.8 Å². The highest BCUT2D eigenvalue weighted by Crippen LogP contribution is 2.32. The van der Waals surface area contributed by atoms with E-state index in [0.717, 1.165) is 34.6 Å². The Morgan fingerprint density at radius 1 is 1.15 bits per heavy atom. The van der Waals surface area contributed by atoms with Crippen LogP contribution in [0, 0.1) is 18.7 Å². The van der Waals surface area contributed by atoms with Crippen LogP contribution in [0.15, 0.2) is 41.3 Å². The van der Waals surface area contributed by atoms with E-state index in [2.05, 4.69) is 25.2 Å². The van der Waals surface area contributed by atoms with E-state index in [1.165, 1.54) is 16.4 Å². The number of hydrogen-bond acceptors (Lipinski definition) is 4. The van der Waals surface area contributed by atoms with Gasteiger partial charge in [0.1, 0.15) is 11.6 Å². The maximum absolute atomic E-state index is 13.2. The van der Waals surface area contributed by atoms with E-state index in [1.807, 2.05) is 19.9 Å². The molecule has 8 heteroatoms. The molecule has 0 radical (unpaired) electrons. The number of piperidine rings is 1. The molecule has 1 saturated heterocycles. The summed E-state index contributed by atoms with van der Waals surface area (Å²) in [5.41, 5.74) is 3.11. The van der Waals surface area contributed by atoms with Gasteiger partial charge in [0.15, 0.2) is 0 Å². The van der Waals surface area contributed by atoms with Crippen LogP contribution in [0.25, 0.3) is 0 Å². The van der Waals surface area contributed by atoms with E-state index in [0.29, 0.717) is 19.4 Å². The Bertz CT molecular complexity index is 1100. The van der Waals surface area contributed by atoms with Crippen molar-refractivity contribution < 1.29 is 22.3 Å². The van der Waals surface area contributed by atoms with Gasteiger partial charge in [-0.1, -0.05) is 13.8 Å². The van der Waals surface area contributed by atoms with Gasteiger partial charge in [-0.2, -0.15) is 4.31 Å². The SMILES string of the molecule is COc1cc(C)c(C(C)NC(=O)C2CCCN(S(=O)(=O)c3ccc(F)cc3)C2)cc1C(C)C. The molecule has 6 nitrogen and oxygen atoms in total. The van der Waals surface area contributed by atoms with Gasteiger partial charge < -0.3 is 10.1 Å². The van der Waals surface area contributed by atoms with Gasteiger partial charge in [-0.05, 0) is 85.7 Å². The number of hydrogen-bond donors (Lipinski definition) is 1. The summed E-state index contributed by atoms with van der Waals surface area (Å²) in [4.78, 5) is 13.1. The molecule has 0 saturated carbocycles. The molecule has 1 heterocycles. The fraction of sp³-hybridized carbons (Fsp3) is 0.480. The van der Waals surface area contributed by atoms with Crippen molar-refractivity contribution in [1.82, 2.24) is 9.62 Å². The standard InChI is InChI=1S/C25H33FN2O4S/c1-16(2)22-14-23(17(3)13-24(22)32-5)18(4)27-25(29)19-7-6-12-28(15-19)33(30,31)21-10-8-20(26)9-11-21/h8-11,13-14,16,18-19H,6-7,12,15H2,1-5H3,(H,27,29). The van der Waals surface area contributed by atoms with Crippen LogP contribution in [0.3, 0.4) is 0 Å². The number of ether oxygens (including phenoxy) is 1. The number of carbonyl (C=O) groups excluding carboxylic acids is 1. The van der Waals surface area contributed by atoms with Crippen molar-refractivity contribution in [3.05, 3.63) is 58.9 Å². The molecule has 2 atom stereocenters. The first-order valence-corrected chi connectivity index (χ1v) is 12.7. The smallest absolute Gasteiger partial charge is 0.243 e. The fourth-order valence-electron chi connectivity index (χ4n) is 4.35. The second kappa shape index (κ2) is 10.2. The molecule has 0 bridgehead atoms. The van der Waals surface area contributed by atoms with Crippen LogP contribution in [0.1, 0.15) is 62.3 Å². The van der Waals surface area contributed by atoms with Gasteiger partial charge in [0.25, 0.3) is 0 Å². The van der Waals surface area contributed by atoms with Crippen molar-refractivity contribution in [1.29, 1.82) is 0 Å². The molecular formula is C25H33FN2O4S. The third kappa shape index (κ3) is 5.55. The van der Waals surface area contributed by atoms with E-state index >= 15 is 0 Å². The summed E-state index contributed by atoms with van der Waals surface area (Å²) in [5.74, 6) is 0.000116. The van der Waals surface area contributed by atoms with Gasteiger partial charge in [-0.3, -0.25) is 4.79 Å². The number of nitrogens with zero attached hydrogens (tertiary/aromatic N) is 1. The second-order valence-corrected chi connectivity index (χ2v) is 10.9. The molecule has 3 rings (SSSR count). The number of benzene rings is 2. The fourth-order valence-corrected chi connectivity index (χ4v) is 5.87. The molecule has 2 aromatic carbocycles. The lowest BCUT2D eigenvalue weighted by molar-refractivity contribution is -0.126. The monoisotopic (exact) mass is 476 g/mol. The van der Waals surface area contributed by atoms with Crippen molar-refractivity contribution in [2.24, 2.45) is 5.92 Å². The Morgan fingerprint density at radius 3 is 2.42 bits per heavy atom. The van der Waals surface area contributed by atoms with Crippen molar-refractivity contribution in [3.8, 4) is 5.75 Å². The van der Waals surface area contributed by atoms with Crippen LogP contribution in [-0.4, -0.2) is 38.8 Å². The van der Waals surface area contributed by atoms with E-state index in [9.17, 15) is 17.6 Å². The minimum Gasteiger partial charge on any atom is -0.496 e. The summed E-state index contributed by atoms with van der Waals surface area (Å²) < 4.78 is 46.0. The molecule has 0 aromatic heterocycles. The highest BCUT2D eigenvalue weighted by atomic mass is 32.2. The lowest BCUT2D eigenvalue weighted by atomic mass is 9.92. The molecular weight excluding hydrogens is 443 g/mol. The summed E-state index contributed by atoms with van der Waals surface area (Å²) >= 11 is 0. The first kappa shape index (κ1) is 25.2. The number of carbonyl (C=O) groups is 1. The lowest BCUT2D eigenvalue weighted by Crippen LogP contribution is -2.45. The Hall–Kier alpha value is -2.45. The third-order valence-electron chi connectivity index (χ3n) is 6.27. The maximum Gasteiger partial charge on any atom is 0.243 e. The molecule has 1 fully saturated rings. The van der Waals surface area contributed by atoms with Crippen LogP contribution in [0.2, 0.25) is 0 Å². The van der Waals surface area contributed by atoms with Crippen LogP contribution < -0.4 is 10.1 Å². The molecule has 33 heavy (non-hydrogen) atoms. The highest BCUT2D eigenvalue weighted by molar-refractivity contribution is 7.89. The number of amides is 1. The van der Waals surface area contributed by atoms with E-state index in [-0.39, 0.29) is 29.3 Å². The summed E-state index contributed by atoms with van der Waals surface area (Å²) in [5, 5.41) is 3.08. The van der Waals surface area contributed by atoms with Gasteiger partial charge >= 0.3 is 0 Å². The summed E-state index contributed by atoms with van der Waals surface area (Å²) in [7, 11) is -2.13. The van der Waals surface area contributed by atoms with E-state index in [4.69, 9.17) is 4.74 Å². The molecule has 180 valence electrons. The molecule has 2 aromatic rings. The van der Waals surface area contributed by atoms with Crippen molar-refractivity contribution in [2.75, 3.05) is 20.2 Å². The summed E-state index contributed by atoms with van der Waals surface area (Å²) in [6.45, 7) is 8.57. The minimum atomic E-state index is -3.78. The first-order chi connectivity index (χ1) is 15.5. The average molecular weight is 477 g/mol. The maximum atomic E-state index is 13.2.